The van der Waals surface area contributed by atoms with Crippen LogP contribution in [0.2, 0.25) is 0 Å². The molecular weight excluding hydrogens is 231 g/mol. The SMILES string of the molecule is O=S.P.[Eu]. The zero-order chi connectivity index (χ0) is 2.00. The molecule has 0 rings (SSSR count). The van der Waals surface area contributed by atoms with Crippen molar-refractivity contribution in [2.24, 2.45) is 0 Å². The molecule has 4 heteroatoms. The Labute approximate surface area is 74.6 Å². The van der Waals surface area contributed by atoms with E-state index in [4.69, 9.17) is 4.21 Å². The van der Waals surface area contributed by atoms with Crippen LogP contribution in [0.5, 0.6) is 0 Å². The summed E-state index contributed by atoms with van der Waals surface area (Å²) in [6.45, 7) is 0. The first-order valence-corrected chi connectivity index (χ1v) is 0.500. The summed E-state index contributed by atoms with van der Waals surface area (Å²) in [5.74, 6) is 0. The third-order valence-corrected chi connectivity index (χ3v) is 0. The van der Waals surface area contributed by atoms with E-state index >= 15 is 0 Å². The van der Waals surface area contributed by atoms with Gasteiger partial charge in [0, 0.05) is 49.4 Å². The largest absolute Gasteiger partial charge is 0.197 e. The Morgan fingerprint density at radius 2 is 1.25 bits per heavy atom. The van der Waals surface area contributed by atoms with Crippen LogP contribution in [0.4, 0.5) is 0 Å². The van der Waals surface area contributed by atoms with Crippen LogP contribution < -0.4 is 0 Å². The van der Waals surface area contributed by atoms with Crippen molar-refractivity contribution < 1.29 is 53.6 Å². The quantitative estimate of drug-likeness (QED) is 0.536. The van der Waals surface area contributed by atoms with E-state index in [0.29, 0.717) is 0 Å². The smallest absolute Gasteiger partial charge is 0.197 e. The molecule has 0 aliphatic heterocycles. The van der Waals surface area contributed by atoms with Crippen LogP contribution in [0.15, 0.2) is 0 Å². The second kappa shape index (κ2) is 19.8. The molecule has 1 atom stereocenters. The van der Waals surface area contributed by atoms with E-state index in [9.17, 15) is 0 Å². The molecule has 0 bridgehead atoms. The van der Waals surface area contributed by atoms with Crippen molar-refractivity contribution in [3.05, 3.63) is 0 Å². The van der Waals surface area contributed by atoms with Crippen molar-refractivity contribution in [2.45, 2.75) is 0 Å². The molecule has 27 valence electrons. The van der Waals surface area contributed by atoms with E-state index < -0.39 is 0 Å². The summed E-state index contributed by atoms with van der Waals surface area (Å²) < 4.78 is 7.83. The Bertz CT molecular complexity index is 8.00. The molecule has 0 aliphatic carbocycles. The Kier molecular flexibility index (Phi) is 82.2. The van der Waals surface area contributed by atoms with Crippen LogP contribution in [0, 0.1) is 49.4 Å². The van der Waals surface area contributed by atoms with E-state index in [2.05, 4.69) is 12.5 Å². The van der Waals surface area contributed by atoms with Gasteiger partial charge in [0.15, 0.2) is 12.5 Å². The summed E-state index contributed by atoms with van der Waals surface area (Å²) >= 11 is 2.83. The molecule has 0 amide bonds. The molecule has 0 saturated heterocycles. The van der Waals surface area contributed by atoms with Crippen LogP contribution in [0.25, 0.3) is 0 Å². The first-order chi connectivity index (χ1) is 1.00. The maximum absolute atomic E-state index is 7.83. The predicted octanol–water partition coefficient (Wildman–Crippen LogP) is -0.278. The zero-order valence-corrected chi connectivity index (χ0v) is 6.56. The minimum absolute atomic E-state index is 0. The fourth-order valence-corrected chi connectivity index (χ4v) is 0. The number of hydrogen-bond donors (Lipinski definition) is 0. The summed E-state index contributed by atoms with van der Waals surface area (Å²) in [6, 6.07) is 0. The van der Waals surface area contributed by atoms with Crippen LogP contribution in [-0.2, 0) is 12.5 Å². The summed E-state index contributed by atoms with van der Waals surface area (Å²) in [4.78, 5) is 0. The molecule has 1 radical (unpaired) electrons. The first kappa shape index (κ1) is 16.6. The molecule has 0 N–H and O–H groups in total. The molecular formula is H3EuOPS. The van der Waals surface area contributed by atoms with Crippen molar-refractivity contribution in [3.63, 3.8) is 0 Å². The molecule has 0 aromatic heterocycles. The predicted molar refractivity (Wildman–Crippen MR) is 19.2 cm³/mol. The number of rotatable bonds is 0. The normalized spacial score (nSPS) is 1.00. The van der Waals surface area contributed by atoms with Gasteiger partial charge in [-0.1, -0.05) is 0 Å². The van der Waals surface area contributed by atoms with Gasteiger partial charge in [-0.15, -0.1) is 0 Å². The van der Waals surface area contributed by atoms with E-state index in [1.54, 1.807) is 0 Å². The minimum Gasteiger partial charge on any atom is -0.197 e. The Hall–Kier alpha value is 2.03. The van der Waals surface area contributed by atoms with Crippen molar-refractivity contribution in [1.82, 2.24) is 0 Å². The fraction of sp³-hybridized carbons (Fsp3) is 0. The zero-order valence-electron chi connectivity index (χ0n) is 1.90. The standard InChI is InChI=1S/Eu.OS.H3P/c;1-2;/h;;1H3. The van der Waals surface area contributed by atoms with Crippen molar-refractivity contribution in [1.29, 1.82) is 0 Å². The third kappa shape index (κ3) is 8.98. The maximum atomic E-state index is 7.83. The molecule has 0 saturated carbocycles. The molecule has 4 heavy (non-hydrogen) atoms. The average molecular weight is 234 g/mol. The summed E-state index contributed by atoms with van der Waals surface area (Å²) in [5, 5.41) is 0. The molecule has 0 aromatic carbocycles. The summed E-state index contributed by atoms with van der Waals surface area (Å²) in [6.07, 6.45) is 0. The van der Waals surface area contributed by atoms with Crippen LogP contribution in [0.1, 0.15) is 0 Å². The van der Waals surface area contributed by atoms with Gasteiger partial charge >= 0.3 is 0 Å². The van der Waals surface area contributed by atoms with Gasteiger partial charge in [-0.05, 0) is 0 Å². The average Bonchev–Trinajstić information content (AvgIpc) is 1.00. The molecule has 0 heterocycles. The van der Waals surface area contributed by atoms with Gasteiger partial charge < -0.3 is 0 Å². The van der Waals surface area contributed by atoms with Crippen molar-refractivity contribution in [3.8, 4) is 0 Å². The van der Waals surface area contributed by atoms with Crippen molar-refractivity contribution in [2.75, 3.05) is 0 Å². The van der Waals surface area contributed by atoms with E-state index in [0.717, 1.165) is 0 Å². The van der Waals surface area contributed by atoms with Crippen LogP contribution >= 0.6 is 9.90 Å². The van der Waals surface area contributed by atoms with Crippen LogP contribution in [0.3, 0.4) is 0 Å². The topological polar surface area (TPSA) is 17.1 Å². The second-order valence-corrected chi connectivity index (χ2v) is 0. The molecule has 1 unspecified atom stereocenters. The van der Waals surface area contributed by atoms with Gasteiger partial charge in [-0.2, -0.15) is 14.1 Å². The van der Waals surface area contributed by atoms with Gasteiger partial charge in [0.05, 0.1) is 0 Å². The Balaban J connectivity index is -0.00000000500. The fourth-order valence-electron chi connectivity index (χ4n) is 0. The van der Waals surface area contributed by atoms with E-state index in [1.807, 2.05) is 0 Å². The third-order valence-electron chi connectivity index (χ3n) is 0. The minimum atomic E-state index is 0. The van der Waals surface area contributed by atoms with Gasteiger partial charge in [0.25, 0.3) is 0 Å². The molecule has 0 aromatic rings. The van der Waals surface area contributed by atoms with Gasteiger partial charge in [0.1, 0.15) is 0 Å². The summed E-state index contributed by atoms with van der Waals surface area (Å²) in [7, 11) is 0. The first-order valence-electron chi connectivity index (χ1n) is 0.167. The van der Waals surface area contributed by atoms with Gasteiger partial charge in [-0.3, -0.25) is 0 Å². The summed E-state index contributed by atoms with van der Waals surface area (Å²) in [5.41, 5.74) is 0. The van der Waals surface area contributed by atoms with E-state index in [-0.39, 0.29) is 59.3 Å². The Morgan fingerprint density at radius 1 is 1.25 bits per heavy atom. The Morgan fingerprint density at radius 3 is 1.25 bits per heavy atom. The second-order valence-electron chi connectivity index (χ2n) is 0. The monoisotopic (exact) mass is 235 g/mol. The molecule has 0 fully saturated rings. The van der Waals surface area contributed by atoms with Gasteiger partial charge in [0.2, 0.25) is 0 Å². The number of hydrogen-bond acceptors (Lipinski definition) is 2. The molecule has 0 aliphatic rings. The van der Waals surface area contributed by atoms with E-state index in [1.165, 1.54) is 0 Å². The van der Waals surface area contributed by atoms with Crippen molar-refractivity contribution >= 4 is 22.4 Å². The molecule has 1 nitrogen and oxygen atoms in total. The maximum Gasteiger partial charge on any atom is 0.197 e. The van der Waals surface area contributed by atoms with Gasteiger partial charge in [-0.25, -0.2) is 0 Å². The van der Waals surface area contributed by atoms with Crippen LogP contribution in [-0.4, -0.2) is 4.21 Å². The molecule has 0 spiro atoms.